The molecule has 0 spiro atoms. The second kappa shape index (κ2) is 4.59. The van der Waals surface area contributed by atoms with Crippen LogP contribution in [-0.2, 0) is 4.74 Å². The van der Waals surface area contributed by atoms with E-state index in [9.17, 15) is 10.2 Å². The second-order valence-corrected chi connectivity index (χ2v) is 5.21. The summed E-state index contributed by atoms with van der Waals surface area (Å²) < 4.78 is 5.39. The molecule has 14 heavy (non-hydrogen) atoms. The van der Waals surface area contributed by atoms with Crippen molar-refractivity contribution in [1.29, 1.82) is 0 Å². The molecule has 0 amide bonds. The predicted octanol–water partition coefficient (Wildman–Crippen LogP) is 0.0532. The van der Waals surface area contributed by atoms with Crippen molar-refractivity contribution in [2.45, 2.75) is 34.4 Å². The fourth-order valence-electron chi connectivity index (χ4n) is 2.10. The van der Waals surface area contributed by atoms with Gasteiger partial charge in [-0.3, -0.25) is 0 Å². The van der Waals surface area contributed by atoms with E-state index < -0.39 is 11.2 Å². The molecule has 0 heterocycles. The molecule has 1 saturated carbocycles. The maximum absolute atomic E-state index is 10.3. The molecule has 0 aromatic heterocycles. The van der Waals surface area contributed by atoms with Crippen LogP contribution >= 0.6 is 22.6 Å². The standard InChI is InChI=1S/C9H15BIO3/c1-14-9(6-12)7(11)3-2-4-8(9,13)5-10/h5,7,12-13H,2-4,6H2,1H3/t7?,8?,9-/m0/s1. The summed E-state index contributed by atoms with van der Waals surface area (Å²) in [6.45, 7) is -0.221. The SMILES string of the molecule is [B]=CC1(O)CCCC(I)[C@]1(CO)OC. The third kappa shape index (κ3) is 1.68. The van der Waals surface area contributed by atoms with E-state index in [0.29, 0.717) is 6.42 Å². The van der Waals surface area contributed by atoms with Crippen molar-refractivity contribution in [3.8, 4) is 0 Å². The number of aliphatic hydroxyl groups is 2. The van der Waals surface area contributed by atoms with E-state index >= 15 is 0 Å². The molecule has 3 nitrogen and oxygen atoms in total. The molecule has 0 aliphatic heterocycles. The van der Waals surface area contributed by atoms with Crippen LogP contribution in [0.3, 0.4) is 0 Å². The average Bonchev–Trinajstić information content (AvgIpc) is 2.19. The summed E-state index contributed by atoms with van der Waals surface area (Å²) in [5.41, 5.74) is -2.18. The van der Waals surface area contributed by atoms with E-state index in [2.05, 4.69) is 22.6 Å². The molecule has 5 heteroatoms. The normalized spacial score (nSPS) is 43.5. The minimum atomic E-state index is -1.22. The van der Waals surface area contributed by atoms with Gasteiger partial charge in [0, 0.05) is 0 Å². The topological polar surface area (TPSA) is 49.7 Å². The van der Waals surface area contributed by atoms with Crippen LogP contribution in [0.15, 0.2) is 0 Å². The number of halogens is 1. The summed E-state index contributed by atoms with van der Waals surface area (Å²) in [7, 11) is 6.96. The van der Waals surface area contributed by atoms with E-state index in [4.69, 9.17) is 12.2 Å². The first-order valence-electron chi connectivity index (χ1n) is 4.65. The van der Waals surface area contributed by atoms with Crippen molar-refractivity contribution in [2.24, 2.45) is 0 Å². The number of aliphatic hydroxyl groups excluding tert-OH is 1. The number of rotatable bonds is 3. The third-order valence-corrected chi connectivity index (χ3v) is 4.76. The van der Waals surface area contributed by atoms with Gasteiger partial charge >= 0.3 is 99.1 Å². The molecule has 3 atom stereocenters. The van der Waals surface area contributed by atoms with Gasteiger partial charge in [-0.2, -0.15) is 0 Å². The van der Waals surface area contributed by atoms with E-state index in [0.717, 1.165) is 12.8 Å². The van der Waals surface area contributed by atoms with Crippen molar-refractivity contribution in [3.63, 3.8) is 0 Å². The monoisotopic (exact) mass is 309 g/mol. The van der Waals surface area contributed by atoms with E-state index in [1.165, 1.54) is 13.1 Å². The van der Waals surface area contributed by atoms with Gasteiger partial charge in [0.1, 0.15) is 0 Å². The summed E-state index contributed by atoms with van der Waals surface area (Å²) in [5, 5.41) is 19.7. The molecular formula is C9H15BIO3. The molecule has 79 valence electrons. The number of ether oxygens (including phenoxy) is 1. The van der Waals surface area contributed by atoms with Gasteiger partial charge < -0.3 is 0 Å². The van der Waals surface area contributed by atoms with Crippen molar-refractivity contribution in [1.82, 2.24) is 0 Å². The van der Waals surface area contributed by atoms with Crippen molar-refractivity contribution in [2.75, 3.05) is 13.7 Å². The minimum absolute atomic E-state index is 0.0636. The zero-order valence-corrected chi connectivity index (χ0v) is 10.4. The summed E-state index contributed by atoms with van der Waals surface area (Å²) in [6, 6.07) is 0. The van der Waals surface area contributed by atoms with Crippen LogP contribution in [0.2, 0.25) is 0 Å². The second-order valence-electron chi connectivity index (χ2n) is 3.70. The Balaban J connectivity index is 3.08. The van der Waals surface area contributed by atoms with Crippen LogP contribution in [-0.4, -0.2) is 52.5 Å². The number of hydrogen-bond donors (Lipinski definition) is 2. The van der Waals surface area contributed by atoms with E-state index in [1.54, 1.807) is 0 Å². The number of alkyl halides is 1. The molecule has 1 fully saturated rings. The quantitative estimate of drug-likeness (QED) is 0.440. The summed E-state index contributed by atoms with van der Waals surface area (Å²) in [5.74, 6) is 1.25. The van der Waals surface area contributed by atoms with Crippen LogP contribution < -0.4 is 0 Å². The zero-order valence-electron chi connectivity index (χ0n) is 8.24. The molecule has 2 unspecified atom stereocenters. The van der Waals surface area contributed by atoms with Gasteiger partial charge in [-0.15, -0.1) is 0 Å². The van der Waals surface area contributed by atoms with Crippen LogP contribution in [0.1, 0.15) is 19.3 Å². The molecule has 1 aliphatic rings. The third-order valence-electron chi connectivity index (χ3n) is 3.13. The molecule has 0 saturated heterocycles. The predicted molar refractivity (Wildman–Crippen MR) is 65.3 cm³/mol. The molecule has 0 aromatic rings. The summed E-state index contributed by atoms with van der Waals surface area (Å²) in [4.78, 5) is 0. The molecular weight excluding hydrogens is 294 g/mol. The van der Waals surface area contributed by atoms with Gasteiger partial charge in [0.05, 0.1) is 0 Å². The Kier molecular flexibility index (Phi) is 4.14. The van der Waals surface area contributed by atoms with Crippen LogP contribution in [0.25, 0.3) is 0 Å². The van der Waals surface area contributed by atoms with Crippen LogP contribution in [0.4, 0.5) is 0 Å². The zero-order chi connectivity index (χ0) is 10.8. The number of methoxy groups -OCH3 is 1. The van der Waals surface area contributed by atoms with Gasteiger partial charge in [-0.1, -0.05) is 0 Å². The van der Waals surface area contributed by atoms with Crippen molar-refractivity contribution >= 4 is 36.0 Å². The van der Waals surface area contributed by atoms with Gasteiger partial charge in [-0.25, -0.2) is 0 Å². The Bertz CT molecular complexity index is 220. The maximum atomic E-state index is 10.3. The molecule has 2 N–H and O–H groups in total. The van der Waals surface area contributed by atoms with Gasteiger partial charge in [0.25, 0.3) is 0 Å². The van der Waals surface area contributed by atoms with Gasteiger partial charge in [0.2, 0.25) is 0 Å². The van der Waals surface area contributed by atoms with Crippen LogP contribution in [0.5, 0.6) is 0 Å². The summed E-state index contributed by atoms with van der Waals surface area (Å²) in [6.07, 6.45) is 2.35. The van der Waals surface area contributed by atoms with E-state index in [1.807, 2.05) is 0 Å². The molecule has 1 rings (SSSR count). The van der Waals surface area contributed by atoms with Gasteiger partial charge in [0.15, 0.2) is 0 Å². The average molecular weight is 309 g/mol. The molecule has 0 bridgehead atoms. The fraction of sp³-hybridized carbons (Fsp3) is 0.889. The summed E-state index contributed by atoms with van der Waals surface area (Å²) >= 11 is 2.20. The Morgan fingerprint density at radius 2 is 2.36 bits per heavy atom. The Labute approximate surface area is 99.1 Å². The van der Waals surface area contributed by atoms with Gasteiger partial charge in [-0.05, 0) is 0 Å². The van der Waals surface area contributed by atoms with Crippen LogP contribution in [0, 0.1) is 0 Å². The molecule has 0 aromatic carbocycles. The first-order chi connectivity index (χ1) is 6.56. The molecule has 1 radical (unpaired) electrons. The molecule has 1 aliphatic carbocycles. The Morgan fingerprint density at radius 1 is 1.71 bits per heavy atom. The first kappa shape index (κ1) is 12.6. The van der Waals surface area contributed by atoms with Crippen molar-refractivity contribution in [3.05, 3.63) is 0 Å². The Morgan fingerprint density at radius 3 is 2.71 bits per heavy atom. The first-order valence-corrected chi connectivity index (χ1v) is 5.89. The fourth-order valence-corrected chi connectivity index (χ4v) is 3.53. The van der Waals surface area contributed by atoms with E-state index in [-0.39, 0.29) is 10.5 Å². The van der Waals surface area contributed by atoms with Crippen molar-refractivity contribution < 1.29 is 14.9 Å². The number of hydrogen-bond acceptors (Lipinski definition) is 3. The Hall–Kier alpha value is 0.545.